The third-order valence-corrected chi connectivity index (χ3v) is 6.05. The molecule has 1 fully saturated rings. The van der Waals surface area contributed by atoms with Crippen LogP contribution in [0.3, 0.4) is 0 Å². The van der Waals surface area contributed by atoms with Crippen molar-refractivity contribution in [1.82, 2.24) is 5.32 Å². The van der Waals surface area contributed by atoms with Crippen LogP contribution in [0.1, 0.15) is 32.7 Å². The molecule has 1 aliphatic rings. The van der Waals surface area contributed by atoms with E-state index in [9.17, 15) is 18.0 Å². The van der Waals surface area contributed by atoms with E-state index in [0.29, 0.717) is 23.2 Å². The van der Waals surface area contributed by atoms with Crippen LogP contribution in [-0.2, 0) is 9.84 Å². The maximum Gasteiger partial charge on any atom is 0.255 e. The minimum Gasteiger partial charge on any atom is -0.348 e. The maximum atomic E-state index is 12.3. The molecule has 2 aromatic rings. The molecule has 1 aliphatic heterocycles. The molecule has 1 unspecified atom stereocenters. The summed E-state index contributed by atoms with van der Waals surface area (Å²) in [5.41, 5.74) is 2.63. The number of carbonyl (C=O) groups excluding carboxylic acids is 2. The smallest absolute Gasteiger partial charge is 0.255 e. The first kappa shape index (κ1) is 18.1. The van der Waals surface area contributed by atoms with Crippen LogP contribution in [0.25, 0.3) is 0 Å². The monoisotopic (exact) mass is 372 g/mol. The van der Waals surface area contributed by atoms with Gasteiger partial charge in [0, 0.05) is 22.9 Å². The van der Waals surface area contributed by atoms with E-state index in [1.165, 1.54) is 0 Å². The van der Waals surface area contributed by atoms with E-state index in [1.54, 1.807) is 24.3 Å². The van der Waals surface area contributed by atoms with Crippen molar-refractivity contribution in [2.45, 2.75) is 19.4 Å². The predicted octanol–water partition coefficient (Wildman–Crippen LogP) is 2.16. The Balaban J connectivity index is 1.61. The zero-order chi connectivity index (χ0) is 18.7. The quantitative estimate of drug-likeness (QED) is 0.860. The molecule has 136 valence electrons. The van der Waals surface area contributed by atoms with Crippen LogP contribution in [-0.4, -0.2) is 37.8 Å². The lowest BCUT2D eigenvalue weighted by Gasteiger charge is -2.11. The van der Waals surface area contributed by atoms with Gasteiger partial charge in [0.2, 0.25) is 0 Å². The molecule has 0 saturated carbocycles. The Morgan fingerprint density at radius 2 is 1.50 bits per heavy atom. The van der Waals surface area contributed by atoms with Gasteiger partial charge in [0.15, 0.2) is 9.84 Å². The van der Waals surface area contributed by atoms with Crippen molar-refractivity contribution in [3.8, 4) is 0 Å². The van der Waals surface area contributed by atoms with Gasteiger partial charge in [-0.15, -0.1) is 0 Å². The zero-order valence-corrected chi connectivity index (χ0v) is 15.2. The molecule has 26 heavy (non-hydrogen) atoms. The summed E-state index contributed by atoms with van der Waals surface area (Å²) in [5, 5.41) is 5.52. The Morgan fingerprint density at radius 1 is 0.923 bits per heavy atom. The summed E-state index contributed by atoms with van der Waals surface area (Å²) < 4.78 is 22.9. The molecule has 1 heterocycles. The van der Waals surface area contributed by atoms with E-state index < -0.39 is 9.84 Å². The first-order valence-corrected chi connectivity index (χ1v) is 10.1. The SMILES string of the molecule is Cc1ccc(NC(=O)c2ccc(C(=O)NC3CCS(=O)(=O)C3)cc2)cc1. The van der Waals surface area contributed by atoms with Crippen LogP contribution in [0.2, 0.25) is 0 Å². The number of aryl methyl sites for hydroxylation is 1. The van der Waals surface area contributed by atoms with E-state index in [1.807, 2.05) is 31.2 Å². The minimum atomic E-state index is -3.04. The van der Waals surface area contributed by atoms with Crippen molar-refractivity contribution in [2.75, 3.05) is 16.8 Å². The molecule has 0 aliphatic carbocycles. The molecule has 2 aromatic carbocycles. The molecule has 2 N–H and O–H groups in total. The minimum absolute atomic E-state index is 0.0181. The molecule has 6 nitrogen and oxygen atoms in total. The normalized spacial score (nSPS) is 18.3. The number of benzene rings is 2. The van der Waals surface area contributed by atoms with Crippen LogP contribution in [0, 0.1) is 6.92 Å². The first-order valence-electron chi connectivity index (χ1n) is 8.32. The summed E-state index contributed by atoms with van der Waals surface area (Å²) in [5.74, 6) is -0.508. The Hall–Kier alpha value is -2.67. The summed E-state index contributed by atoms with van der Waals surface area (Å²) in [6, 6.07) is 13.4. The Morgan fingerprint density at radius 3 is 2.04 bits per heavy atom. The molecule has 0 bridgehead atoms. The number of hydrogen-bond donors (Lipinski definition) is 2. The average Bonchev–Trinajstić information content (AvgIpc) is 2.95. The molecule has 0 spiro atoms. The number of amides is 2. The first-order chi connectivity index (χ1) is 12.3. The molecule has 7 heteroatoms. The molecule has 1 saturated heterocycles. The summed E-state index contributed by atoms with van der Waals surface area (Å²) in [6.07, 6.45) is 0.436. The molecule has 0 radical (unpaired) electrons. The number of anilines is 1. The number of sulfone groups is 1. The summed E-state index contributed by atoms with van der Waals surface area (Å²) >= 11 is 0. The Bertz CT molecular complexity index is 919. The molecular formula is C19H20N2O4S. The van der Waals surface area contributed by atoms with E-state index >= 15 is 0 Å². The van der Waals surface area contributed by atoms with E-state index in [4.69, 9.17) is 0 Å². The number of carbonyl (C=O) groups is 2. The van der Waals surface area contributed by atoms with E-state index in [-0.39, 0.29) is 29.4 Å². The van der Waals surface area contributed by atoms with E-state index in [0.717, 1.165) is 5.56 Å². The topological polar surface area (TPSA) is 92.3 Å². The Labute approximate surface area is 152 Å². The average molecular weight is 372 g/mol. The highest BCUT2D eigenvalue weighted by Gasteiger charge is 2.29. The Kier molecular flexibility index (Phi) is 5.08. The van der Waals surface area contributed by atoms with Crippen molar-refractivity contribution in [3.05, 3.63) is 65.2 Å². The zero-order valence-electron chi connectivity index (χ0n) is 14.4. The fourth-order valence-electron chi connectivity index (χ4n) is 2.79. The van der Waals surface area contributed by atoms with Crippen LogP contribution < -0.4 is 10.6 Å². The van der Waals surface area contributed by atoms with Gasteiger partial charge in [-0.2, -0.15) is 0 Å². The second-order valence-corrected chi connectivity index (χ2v) is 8.70. The van der Waals surface area contributed by atoms with Gasteiger partial charge in [-0.1, -0.05) is 17.7 Å². The largest absolute Gasteiger partial charge is 0.348 e. The van der Waals surface area contributed by atoms with Crippen molar-refractivity contribution in [3.63, 3.8) is 0 Å². The van der Waals surface area contributed by atoms with Crippen LogP contribution in [0.4, 0.5) is 5.69 Å². The van der Waals surface area contributed by atoms with Gasteiger partial charge in [-0.3, -0.25) is 9.59 Å². The molecule has 0 aromatic heterocycles. The number of hydrogen-bond acceptors (Lipinski definition) is 4. The van der Waals surface area contributed by atoms with Gasteiger partial charge in [-0.05, 0) is 49.7 Å². The molecule has 2 amide bonds. The van der Waals surface area contributed by atoms with Gasteiger partial charge < -0.3 is 10.6 Å². The van der Waals surface area contributed by atoms with E-state index in [2.05, 4.69) is 10.6 Å². The summed E-state index contributed by atoms with van der Waals surface area (Å²) in [6.45, 7) is 1.97. The van der Waals surface area contributed by atoms with Gasteiger partial charge in [-0.25, -0.2) is 8.42 Å². The van der Waals surface area contributed by atoms with Crippen molar-refractivity contribution in [1.29, 1.82) is 0 Å². The van der Waals surface area contributed by atoms with Crippen molar-refractivity contribution >= 4 is 27.3 Å². The standard InChI is InChI=1S/C19H20N2O4S/c1-13-2-8-16(9-3-13)20-18(22)14-4-6-15(7-5-14)19(23)21-17-10-11-26(24,25)12-17/h2-9,17H,10-12H2,1H3,(H,20,22)(H,21,23). The lowest BCUT2D eigenvalue weighted by atomic mass is 10.1. The van der Waals surface area contributed by atoms with Crippen LogP contribution >= 0.6 is 0 Å². The second kappa shape index (κ2) is 7.29. The van der Waals surface area contributed by atoms with Crippen molar-refractivity contribution < 1.29 is 18.0 Å². The highest BCUT2D eigenvalue weighted by Crippen LogP contribution is 2.14. The van der Waals surface area contributed by atoms with Crippen LogP contribution in [0.15, 0.2) is 48.5 Å². The predicted molar refractivity (Wildman–Crippen MR) is 100 cm³/mol. The van der Waals surface area contributed by atoms with Crippen molar-refractivity contribution in [2.24, 2.45) is 0 Å². The lowest BCUT2D eigenvalue weighted by Crippen LogP contribution is -2.35. The fourth-order valence-corrected chi connectivity index (χ4v) is 4.46. The number of nitrogens with one attached hydrogen (secondary N) is 2. The second-order valence-electron chi connectivity index (χ2n) is 6.47. The third kappa shape index (κ3) is 4.49. The lowest BCUT2D eigenvalue weighted by molar-refractivity contribution is 0.0939. The third-order valence-electron chi connectivity index (χ3n) is 4.29. The summed E-state index contributed by atoms with van der Waals surface area (Å²) in [7, 11) is -3.04. The van der Waals surface area contributed by atoms with Gasteiger partial charge in [0.25, 0.3) is 11.8 Å². The highest BCUT2D eigenvalue weighted by atomic mass is 32.2. The fraction of sp³-hybridized carbons (Fsp3) is 0.263. The van der Waals surface area contributed by atoms with Gasteiger partial charge in [0.1, 0.15) is 0 Å². The molecule has 3 rings (SSSR count). The highest BCUT2D eigenvalue weighted by molar-refractivity contribution is 7.91. The molecular weight excluding hydrogens is 352 g/mol. The van der Waals surface area contributed by atoms with Crippen LogP contribution in [0.5, 0.6) is 0 Å². The maximum absolute atomic E-state index is 12.3. The molecule has 1 atom stereocenters. The van der Waals surface area contributed by atoms with Gasteiger partial charge >= 0.3 is 0 Å². The summed E-state index contributed by atoms with van der Waals surface area (Å²) in [4.78, 5) is 24.5. The van der Waals surface area contributed by atoms with Gasteiger partial charge in [0.05, 0.1) is 11.5 Å². The number of rotatable bonds is 4.